The zero-order chi connectivity index (χ0) is 14.7. The van der Waals surface area contributed by atoms with Gasteiger partial charge in [0.1, 0.15) is 11.5 Å². The van der Waals surface area contributed by atoms with Crippen molar-refractivity contribution in [1.29, 1.82) is 0 Å². The zero-order valence-corrected chi connectivity index (χ0v) is 12.3. The van der Waals surface area contributed by atoms with Crippen LogP contribution in [0.25, 0.3) is 0 Å². The second kappa shape index (κ2) is 6.44. The normalized spacial score (nSPS) is 24.5. The lowest BCUT2D eigenvalue weighted by atomic mass is 10.1. The average molecular weight is 308 g/mol. The highest BCUT2D eigenvalue weighted by atomic mass is 32.2. The van der Waals surface area contributed by atoms with Crippen molar-refractivity contribution in [2.45, 2.75) is 18.3 Å². The third-order valence-corrected chi connectivity index (χ3v) is 4.82. The molecule has 5 nitrogen and oxygen atoms in total. The smallest absolute Gasteiger partial charge is 0.268 e. The molecule has 1 aromatic rings. The largest absolute Gasteiger partial charge is 0.368 e. The van der Waals surface area contributed by atoms with Crippen LogP contribution < -0.4 is 16.0 Å². The van der Waals surface area contributed by atoms with Crippen molar-refractivity contribution in [2.75, 3.05) is 13.1 Å². The molecule has 0 spiro atoms. The van der Waals surface area contributed by atoms with Crippen molar-refractivity contribution < 1.29 is 9.18 Å². The van der Waals surface area contributed by atoms with Crippen molar-refractivity contribution in [2.24, 2.45) is 5.92 Å². The van der Waals surface area contributed by atoms with E-state index in [1.165, 1.54) is 18.3 Å². The van der Waals surface area contributed by atoms with Crippen LogP contribution in [0.3, 0.4) is 0 Å². The minimum atomic E-state index is -0.407. The van der Waals surface area contributed by atoms with Crippen molar-refractivity contribution in [3.05, 3.63) is 40.9 Å². The molecule has 0 saturated carbocycles. The number of hydrogen-bond donors (Lipinski definition) is 3. The van der Waals surface area contributed by atoms with Crippen LogP contribution in [-0.4, -0.2) is 29.4 Å². The molecule has 3 rings (SSSR count). The van der Waals surface area contributed by atoms with Crippen molar-refractivity contribution in [1.82, 2.24) is 20.9 Å². The molecule has 0 aliphatic carbocycles. The summed E-state index contributed by atoms with van der Waals surface area (Å²) in [5.41, 5.74) is 0.793. The number of rotatable bonds is 4. The third kappa shape index (κ3) is 3.36. The minimum Gasteiger partial charge on any atom is -0.368 e. The van der Waals surface area contributed by atoms with E-state index in [9.17, 15) is 9.18 Å². The second-order valence-electron chi connectivity index (χ2n) is 5.10. The Balaban J connectivity index is 1.51. The van der Waals surface area contributed by atoms with Gasteiger partial charge in [0.2, 0.25) is 0 Å². The van der Waals surface area contributed by atoms with Gasteiger partial charge in [-0.3, -0.25) is 9.78 Å². The van der Waals surface area contributed by atoms with Crippen molar-refractivity contribution in [3.63, 3.8) is 0 Å². The Labute approximate surface area is 126 Å². The first-order valence-corrected chi connectivity index (χ1v) is 7.89. The Hall–Kier alpha value is -1.60. The lowest BCUT2D eigenvalue weighted by Gasteiger charge is -2.18. The van der Waals surface area contributed by atoms with E-state index in [-0.39, 0.29) is 23.5 Å². The molecule has 7 heteroatoms. The molecule has 0 bridgehead atoms. The molecule has 1 fully saturated rings. The highest BCUT2D eigenvalue weighted by molar-refractivity contribution is 8.03. The first-order chi connectivity index (χ1) is 10.2. The summed E-state index contributed by atoms with van der Waals surface area (Å²) in [7, 11) is 0. The van der Waals surface area contributed by atoms with Gasteiger partial charge in [-0.15, -0.1) is 11.8 Å². The fourth-order valence-electron chi connectivity index (χ4n) is 2.45. The first kappa shape index (κ1) is 14.3. The topological polar surface area (TPSA) is 66.0 Å². The fourth-order valence-corrected chi connectivity index (χ4v) is 3.56. The molecule has 0 aromatic carbocycles. The van der Waals surface area contributed by atoms with Crippen molar-refractivity contribution >= 4 is 17.7 Å². The van der Waals surface area contributed by atoms with E-state index in [0.717, 1.165) is 19.5 Å². The van der Waals surface area contributed by atoms with Crippen molar-refractivity contribution in [3.8, 4) is 0 Å². The summed E-state index contributed by atoms with van der Waals surface area (Å²) in [6.45, 7) is 2.10. The number of carbonyl (C=O) groups excluding carboxylic acids is 1. The molecule has 2 aliphatic rings. The molecule has 2 atom stereocenters. The summed E-state index contributed by atoms with van der Waals surface area (Å²) in [5.74, 6) is -0.0961. The molecule has 2 unspecified atom stereocenters. The summed E-state index contributed by atoms with van der Waals surface area (Å²) < 4.78 is 13.4. The molecular weight excluding hydrogens is 291 g/mol. The number of pyridine rings is 1. The summed E-state index contributed by atoms with van der Waals surface area (Å²) in [6, 6.07) is 2.86. The molecule has 21 heavy (non-hydrogen) atoms. The minimum absolute atomic E-state index is 0.0881. The van der Waals surface area contributed by atoms with E-state index in [0.29, 0.717) is 11.6 Å². The van der Waals surface area contributed by atoms with Crippen LogP contribution in [0.2, 0.25) is 0 Å². The number of nitrogens with zero attached hydrogens (tertiary/aromatic N) is 1. The Morgan fingerprint density at radius 2 is 2.48 bits per heavy atom. The molecule has 2 aliphatic heterocycles. The maximum atomic E-state index is 13.4. The lowest BCUT2D eigenvalue weighted by molar-refractivity contribution is -0.118. The maximum absolute atomic E-state index is 13.4. The van der Waals surface area contributed by atoms with Gasteiger partial charge in [-0.25, -0.2) is 4.39 Å². The van der Waals surface area contributed by atoms with Gasteiger partial charge in [0, 0.05) is 24.1 Å². The van der Waals surface area contributed by atoms with Gasteiger partial charge in [0.05, 0.1) is 17.6 Å². The van der Waals surface area contributed by atoms with Gasteiger partial charge in [-0.05, 0) is 25.1 Å². The summed E-state index contributed by atoms with van der Waals surface area (Å²) in [4.78, 5) is 16.0. The van der Waals surface area contributed by atoms with Crippen LogP contribution in [0.15, 0.2) is 29.4 Å². The highest BCUT2D eigenvalue weighted by Crippen LogP contribution is 2.29. The average Bonchev–Trinajstić information content (AvgIpc) is 3.16. The summed E-state index contributed by atoms with van der Waals surface area (Å²) in [5, 5.41) is 11.3. The van der Waals surface area contributed by atoms with E-state index >= 15 is 0 Å². The van der Waals surface area contributed by atoms with E-state index in [4.69, 9.17) is 0 Å². The standard InChI is InChI=1S/C14H17FN4OS/c15-10-2-1-4-17-11(10)7-18-13(20)12-8-21-14(19-12)9-3-5-16-6-9/h1-2,4,8-9,14,16,19H,3,5-7H2,(H,18,20). The highest BCUT2D eigenvalue weighted by Gasteiger charge is 2.30. The predicted octanol–water partition coefficient (Wildman–Crippen LogP) is 0.950. The van der Waals surface area contributed by atoms with E-state index in [2.05, 4.69) is 20.9 Å². The van der Waals surface area contributed by atoms with E-state index < -0.39 is 5.82 Å². The number of halogens is 1. The Kier molecular flexibility index (Phi) is 4.40. The van der Waals surface area contributed by atoms with Gasteiger partial charge in [-0.2, -0.15) is 0 Å². The molecular formula is C14H17FN4OS. The maximum Gasteiger partial charge on any atom is 0.268 e. The van der Waals surface area contributed by atoms with E-state index in [1.807, 2.05) is 5.41 Å². The lowest BCUT2D eigenvalue weighted by Crippen LogP contribution is -2.36. The van der Waals surface area contributed by atoms with Gasteiger partial charge >= 0.3 is 0 Å². The molecule has 1 saturated heterocycles. The molecule has 3 heterocycles. The quantitative estimate of drug-likeness (QED) is 0.773. The Bertz CT molecular complexity index is 560. The molecule has 1 amide bonds. The number of thioether (sulfide) groups is 1. The summed E-state index contributed by atoms with van der Waals surface area (Å²) >= 11 is 1.64. The first-order valence-electron chi connectivity index (χ1n) is 6.94. The summed E-state index contributed by atoms with van der Waals surface area (Å²) in [6.07, 6.45) is 2.63. The zero-order valence-electron chi connectivity index (χ0n) is 11.4. The third-order valence-electron chi connectivity index (χ3n) is 3.65. The van der Waals surface area contributed by atoms with Gasteiger partial charge in [0.15, 0.2) is 0 Å². The molecule has 3 N–H and O–H groups in total. The van der Waals surface area contributed by atoms with Gasteiger partial charge < -0.3 is 16.0 Å². The number of carbonyl (C=O) groups is 1. The van der Waals surface area contributed by atoms with Crippen LogP contribution >= 0.6 is 11.8 Å². The van der Waals surface area contributed by atoms with Crippen LogP contribution in [0, 0.1) is 11.7 Å². The van der Waals surface area contributed by atoms with Crippen LogP contribution in [0.4, 0.5) is 4.39 Å². The Morgan fingerprint density at radius 1 is 1.57 bits per heavy atom. The predicted molar refractivity (Wildman–Crippen MR) is 79.6 cm³/mol. The molecule has 1 aromatic heterocycles. The van der Waals surface area contributed by atoms with Gasteiger partial charge in [0.25, 0.3) is 5.91 Å². The van der Waals surface area contributed by atoms with Crippen LogP contribution in [0.1, 0.15) is 12.1 Å². The number of amides is 1. The van der Waals surface area contributed by atoms with Gasteiger partial charge in [-0.1, -0.05) is 0 Å². The SMILES string of the molecule is O=C(NCc1ncccc1F)C1=CSC(C2CCNC2)N1. The number of nitrogens with one attached hydrogen (secondary N) is 3. The molecule has 112 valence electrons. The van der Waals surface area contributed by atoms with Crippen LogP contribution in [-0.2, 0) is 11.3 Å². The Morgan fingerprint density at radius 3 is 3.24 bits per heavy atom. The second-order valence-corrected chi connectivity index (χ2v) is 6.12. The number of aromatic nitrogens is 1. The molecule has 0 radical (unpaired) electrons. The fraction of sp³-hybridized carbons (Fsp3) is 0.429. The monoisotopic (exact) mass is 308 g/mol. The van der Waals surface area contributed by atoms with Crippen LogP contribution in [0.5, 0.6) is 0 Å². The number of hydrogen-bond acceptors (Lipinski definition) is 5. The van der Waals surface area contributed by atoms with E-state index in [1.54, 1.807) is 11.8 Å².